The SMILES string of the molecule is COc1ccc(OC)c(CNC(=O)c2nnn3c2C(=O)NC(C(C)C)C3)c1. The van der Waals surface area contributed by atoms with Gasteiger partial charge in [-0.05, 0) is 24.1 Å². The van der Waals surface area contributed by atoms with Gasteiger partial charge in [0.1, 0.15) is 11.5 Å². The van der Waals surface area contributed by atoms with E-state index in [-0.39, 0.29) is 35.8 Å². The van der Waals surface area contributed by atoms with E-state index in [1.165, 1.54) is 4.68 Å². The van der Waals surface area contributed by atoms with Crippen molar-refractivity contribution in [3.63, 3.8) is 0 Å². The second kappa shape index (κ2) is 7.65. The van der Waals surface area contributed by atoms with Crippen LogP contribution in [0.4, 0.5) is 0 Å². The Morgan fingerprint density at radius 1 is 1.37 bits per heavy atom. The molecule has 0 bridgehead atoms. The maximum absolute atomic E-state index is 12.6. The van der Waals surface area contributed by atoms with Crippen LogP contribution in [-0.4, -0.2) is 47.1 Å². The van der Waals surface area contributed by atoms with Gasteiger partial charge in [0.05, 0.1) is 26.8 Å². The summed E-state index contributed by atoms with van der Waals surface area (Å²) >= 11 is 0. The fraction of sp³-hybridized carbons (Fsp3) is 0.444. The molecular formula is C18H23N5O4. The minimum absolute atomic E-state index is 0.0107. The summed E-state index contributed by atoms with van der Waals surface area (Å²) < 4.78 is 12.0. The van der Waals surface area contributed by atoms with Crippen molar-refractivity contribution in [2.45, 2.75) is 33.0 Å². The Labute approximate surface area is 157 Å². The number of carbonyl (C=O) groups excluding carboxylic acids is 2. The second-order valence-electron chi connectivity index (χ2n) is 6.65. The molecule has 0 fully saturated rings. The molecule has 1 aliphatic heterocycles. The van der Waals surface area contributed by atoms with Crippen LogP contribution in [0.5, 0.6) is 11.5 Å². The number of benzene rings is 1. The van der Waals surface area contributed by atoms with E-state index in [2.05, 4.69) is 20.9 Å². The van der Waals surface area contributed by atoms with Gasteiger partial charge in [0.2, 0.25) is 0 Å². The lowest BCUT2D eigenvalue weighted by molar-refractivity contribution is 0.0861. The Morgan fingerprint density at radius 2 is 2.15 bits per heavy atom. The highest BCUT2D eigenvalue weighted by Gasteiger charge is 2.33. The van der Waals surface area contributed by atoms with Crippen LogP contribution in [0.1, 0.15) is 40.4 Å². The molecule has 1 aliphatic rings. The highest BCUT2D eigenvalue weighted by Crippen LogP contribution is 2.24. The van der Waals surface area contributed by atoms with Crippen LogP contribution in [0.3, 0.4) is 0 Å². The Morgan fingerprint density at radius 3 is 2.81 bits per heavy atom. The molecule has 0 saturated carbocycles. The Hall–Kier alpha value is -3.10. The van der Waals surface area contributed by atoms with E-state index < -0.39 is 5.91 Å². The molecule has 2 amide bonds. The molecule has 1 aromatic carbocycles. The third-order valence-electron chi connectivity index (χ3n) is 4.58. The third-order valence-corrected chi connectivity index (χ3v) is 4.58. The molecule has 0 spiro atoms. The summed E-state index contributed by atoms with van der Waals surface area (Å²) in [5.74, 6) is 0.719. The van der Waals surface area contributed by atoms with E-state index in [0.717, 1.165) is 5.56 Å². The van der Waals surface area contributed by atoms with Gasteiger partial charge in [-0.3, -0.25) is 9.59 Å². The zero-order valence-electron chi connectivity index (χ0n) is 15.8. The van der Waals surface area contributed by atoms with Crippen molar-refractivity contribution in [3.05, 3.63) is 35.2 Å². The quantitative estimate of drug-likeness (QED) is 0.782. The van der Waals surface area contributed by atoms with Crippen LogP contribution < -0.4 is 20.1 Å². The molecule has 1 unspecified atom stereocenters. The standard InChI is InChI=1S/C18H23N5O4/c1-10(2)13-9-23-16(18(25)20-13)15(21-22-23)17(24)19-8-11-7-12(26-3)5-6-14(11)27-4/h5-7,10,13H,8-9H2,1-4H3,(H,19,24)(H,20,25). The first-order chi connectivity index (χ1) is 12.9. The number of hydrogen-bond acceptors (Lipinski definition) is 6. The van der Waals surface area contributed by atoms with Crippen LogP contribution in [0, 0.1) is 5.92 Å². The zero-order valence-corrected chi connectivity index (χ0v) is 15.8. The summed E-state index contributed by atoms with van der Waals surface area (Å²) in [5.41, 5.74) is 0.939. The Balaban J connectivity index is 1.76. The third kappa shape index (κ3) is 3.71. The van der Waals surface area contributed by atoms with Gasteiger partial charge >= 0.3 is 0 Å². The van der Waals surface area contributed by atoms with E-state index in [4.69, 9.17) is 9.47 Å². The van der Waals surface area contributed by atoms with Gasteiger partial charge in [-0.1, -0.05) is 19.1 Å². The lowest BCUT2D eigenvalue weighted by Gasteiger charge is -2.27. The van der Waals surface area contributed by atoms with Gasteiger partial charge < -0.3 is 20.1 Å². The van der Waals surface area contributed by atoms with Gasteiger partial charge in [-0.2, -0.15) is 0 Å². The summed E-state index contributed by atoms with van der Waals surface area (Å²) in [5, 5.41) is 13.6. The molecule has 2 N–H and O–H groups in total. The van der Waals surface area contributed by atoms with Gasteiger partial charge in [0, 0.05) is 12.1 Å². The zero-order chi connectivity index (χ0) is 19.6. The van der Waals surface area contributed by atoms with Gasteiger partial charge in [0.15, 0.2) is 11.4 Å². The number of ether oxygens (including phenoxy) is 2. The molecule has 0 saturated heterocycles. The average Bonchev–Trinajstić information content (AvgIpc) is 3.10. The average molecular weight is 373 g/mol. The largest absolute Gasteiger partial charge is 0.497 e. The van der Waals surface area contributed by atoms with Crippen molar-refractivity contribution in [3.8, 4) is 11.5 Å². The van der Waals surface area contributed by atoms with Crippen molar-refractivity contribution < 1.29 is 19.1 Å². The molecule has 2 aromatic rings. The number of amides is 2. The van der Waals surface area contributed by atoms with E-state index in [1.807, 2.05) is 13.8 Å². The first kappa shape index (κ1) is 18.7. The minimum atomic E-state index is -0.473. The summed E-state index contributed by atoms with van der Waals surface area (Å²) in [6.45, 7) is 4.72. The highest BCUT2D eigenvalue weighted by molar-refractivity contribution is 6.05. The molecular weight excluding hydrogens is 350 g/mol. The molecule has 1 atom stereocenters. The molecule has 0 aliphatic carbocycles. The number of fused-ring (bicyclic) bond motifs is 1. The molecule has 2 heterocycles. The molecule has 27 heavy (non-hydrogen) atoms. The number of methoxy groups -OCH3 is 2. The van der Waals surface area contributed by atoms with Crippen molar-refractivity contribution in [2.24, 2.45) is 5.92 Å². The highest BCUT2D eigenvalue weighted by atomic mass is 16.5. The van der Waals surface area contributed by atoms with Crippen LogP contribution in [0.25, 0.3) is 0 Å². The molecule has 3 rings (SSSR count). The monoisotopic (exact) mass is 373 g/mol. The lowest BCUT2D eigenvalue weighted by atomic mass is 10.0. The number of nitrogens with zero attached hydrogens (tertiary/aromatic N) is 3. The number of hydrogen-bond donors (Lipinski definition) is 2. The summed E-state index contributed by atoms with van der Waals surface area (Å²) in [4.78, 5) is 25.0. The van der Waals surface area contributed by atoms with Crippen molar-refractivity contribution in [1.29, 1.82) is 0 Å². The Bertz CT molecular complexity index is 861. The summed E-state index contributed by atoms with van der Waals surface area (Å²) in [6.07, 6.45) is 0. The maximum atomic E-state index is 12.6. The number of aromatic nitrogens is 3. The fourth-order valence-corrected chi connectivity index (χ4v) is 2.94. The predicted molar refractivity (Wildman–Crippen MR) is 96.8 cm³/mol. The number of rotatable bonds is 6. The smallest absolute Gasteiger partial charge is 0.274 e. The number of nitrogens with one attached hydrogen (secondary N) is 2. The Kier molecular flexibility index (Phi) is 5.29. The topological polar surface area (TPSA) is 107 Å². The summed E-state index contributed by atoms with van der Waals surface area (Å²) in [7, 11) is 3.12. The summed E-state index contributed by atoms with van der Waals surface area (Å²) in [6, 6.07) is 5.28. The van der Waals surface area contributed by atoms with E-state index in [1.54, 1.807) is 32.4 Å². The first-order valence-electron chi connectivity index (χ1n) is 8.68. The maximum Gasteiger partial charge on any atom is 0.274 e. The second-order valence-corrected chi connectivity index (χ2v) is 6.65. The normalized spacial score (nSPS) is 15.9. The van der Waals surface area contributed by atoms with Crippen molar-refractivity contribution in [2.75, 3.05) is 14.2 Å². The van der Waals surface area contributed by atoms with Crippen LogP contribution in [0.2, 0.25) is 0 Å². The van der Waals surface area contributed by atoms with Crippen molar-refractivity contribution in [1.82, 2.24) is 25.6 Å². The van der Waals surface area contributed by atoms with Crippen LogP contribution >= 0.6 is 0 Å². The van der Waals surface area contributed by atoms with E-state index in [0.29, 0.717) is 18.0 Å². The van der Waals surface area contributed by atoms with Crippen LogP contribution in [0.15, 0.2) is 18.2 Å². The lowest BCUT2D eigenvalue weighted by Crippen LogP contribution is -2.48. The van der Waals surface area contributed by atoms with Gasteiger partial charge in [-0.15, -0.1) is 5.10 Å². The van der Waals surface area contributed by atoms with E-state index in [9.17, 15) is 9.59 Å². The molecule has 9 nitrogen and oxygen atoms in total. The molecule has 144 valence electrons. The molecule has 1 aromatic heterocycles. The van der Waals surface area contributed by atoms with Gasteiger partial charge in [0.25, 0.3) is 11.8 Å². The first-order valence-corrected chi connectivity index (χ1v) is 8.68. The predicted octanol–water partition coefficient (Wildman–Crippen LogP) is 0.993. The van der Waals surface area contributed by atoms with Crippen LogP contribution in [-0.2, 0) is 13.1 Å². The van der Waals surface area contributed by atoms with Gasteiger partial charge in [-0.25, -0.2) is 4.68 Å². The fourth-order valence-electron chi connectivity index (χ4n) is 2.94. The minimum Gasteiger partial charge on any atom is -0.497 e. The molecule has 0 radical (unpaired) electrons. The number of carbonyl (C=O) groups is 2. The van der Waals surface area contributed by atoms with E-state index >= 15 is 0 Å². The van der Waals surface area contributed by atoms with Crippen molar-refractivity contribution >= 4 is 11.8 Å². The molecule has 9 heteroatoms.